The maximum absolute atomic E-state index is 12.4. The molecule has 3 aromatic heterocycles. The van der Waals surface area contributed by atoms with Gasteiger partial charge in [-0.2, -0.15) is 0 Å². The maximum Gasteiger partial charge on any atom is 0.311 e. The number of ether oxygens (including phenoxy) is 1. The van der Waals surface area contributed by atoms with E-state index in [4.69, 9.17) is 9.72 Å². The Bertz CT molecular complexity index is 1070. The van der Waals surface area contributed by atoms with Crippen molar-refractivity contribution in [3.63, 3.8) is 0 Å². The lowest BCUT2D eigenvalue weighted by atomic mass is 10.2. The van der Waals surface area contributed by atoms with Gasteiger partial charge >= 0.3 is 5.97 Å². The van der Waals surface area contributed by atoms with E-state index in [1.807, 2.05) is 47.8 Å². The highest BCUT2D eigenvalue weighted by molar-refractivity contribution is 7.17. The Labute approximate surface area is 169 Å². The average Bonchev–Trinajstić information content (AvgIpc) is 3.48. The first-order valence-electron chi connectivity index (χ1n) is 8.62. The van der Waals surface area contributed by atoms with Gasteiger partial charge in [-0.3, -0.25) is 9.59 Å². The Morgan fingerprint density at radius 2 is 1.89 bits per heavy atom. The standard InChI is InChI=1S/C21H16N2O3S2/c24-16(15-8-4-10-22-15)13-26-19(25)12-18-20(17-9-5-11-27-17)23-21(28-18)14-6-2-1-3-7-14/h1-11,22H,12-13H2. The molecule has 0 aliphatic carbocycles. The van der Waals surface area contributed by atoms with E-state index < -0.39 is 5.97 Å². The maximum atomic E-state index is 12.4. The van der Waals surface area contributed by atoms with Crippen molar-refractivity contribution < 1.29 is 14.3 Å². The number of thiazole rings is 1. The molecular formula is C21H16N2O3S2. The van der Waals surface area contributed by atoms with Crippen LogP contribution in [0.25, 0.3) is 21.1 Å². The quantitative estimate of drug-likeness (QED) is 0.351. The summed E-state index contributed by atoms with van der Waals surface area (Å²) in [6.07, 6.45) is 1.74. The van der Waals surface area contributed by atoms with E-state index in [2.05, 4.69) is 4.98 Å². The van der Waals surface area contributed by atoms with Crippen molar-refractivity contribution in [3.8, 4) is 21.1 Å². The monoisotopic (exact) mass is 408 g/mol. The molecule has 4 aromatic rings. The first-order chi connectivity index (χ1) is 13.7. The van der Waals surface area contributed by atoms with Crippen molar-refractivity contribution in [2.75, 3.05) is 6.61 Å². The summed E-state index contributed by atoms with van der Waals surface area (Å²) in [5, 5.41) is 2.84. The van der Waals surface area contributed by atoms with Crippen molar-refractivity contribution in [2.24, 2.45) is 0 Å². The summed E-state index contributed by atoms with van der Waals surface area (Å²) in [5.41, 5.74) is 2.23. The van der Waals surface area contributed by atoms with Crippen LogP contribution in [-0.4, -0.2) is 28.3 Å². The number of aromatic amines is 1. The molecule has 7 heteroatoms. The summed E-state index contributed by atoms with van der Waals surface area (Å²) in [4.78, 5) is 33.7. The molecule has 0 aliphatic heterocycles. The molecule has 0 fully saturated rings. The third kappa shape index (κ3) is 4.11. The number of thiophene rings is 1. The summed E-state index contributed by atoms with van der Waals surface area (Å²) in [6, 6.07) is 17.2. The number of nitrogens with one attached hydrogen (secondary N) is 1. The Morgan fingerprint density at radius 3 is 2.61 bits per heavy atom. The minimum Gasteiger partial charge on any atom is -0.457 e. The topological polar surface area (TPSA) is 72.0 Å². The van der Waals surface area contributed by atoms with Gasteiger partial charge < -0.3 is 9.72 Å². The second kappa shape index (κ2) is 8.33. The van der Waals surface area contributed by atoms with Crippen molar-refractivity contribution >= 4 is 34.4 Å². The highest BCUT2D eigenvalue weighted by atomic mass is 32.1. The number of benzene rings is 1. The number of carbonyl (C=O) groups excluding carboxylic acids is 2. The molecule has 0 saturated heterocycles. The lowest BCUT2D eigenvalue weighted by Gasteiger charge is -2.03. The van der Waals surface area contributed by atoms with Crippen molar-refractivity contribution in [3.05, 3.63) is 76.7 Å². The van der Waals surface area contributed by atoms with Crippen molar-refractivity contribution in [1.29, 1.82) is 0 Å². The molecule has 0 amide bonds. The van der Waals surface area contributed by atoms with Crippen LogP contribution in [0.1, 0.15) is 15.4 Å². The molecule has 1 aromatic carbocycles. The first-order valence-corrected chi connectivity index (χ1v) is 10.3. The normalized spacial score (nSPS) is 10.7. The number of carbonyl (C=O) groups is 2. The van der Waals surface area contributed by atoms with Crippen LogP contribution in [-0.2, 0) is 16.0 Å². The fraction of sp³-hybridized carbons (Fsp3) is 0.0952. The average molecular weight is 409 g/mol. The Balaban J connectivity index is 1.52. The fourth-order valence-corrected chi connectivity index (χ4v) is 4.56. The highest BCUT2D eigenvalue weighted by Crippen LogP contribution is 2.36. The molecule has 0 aliphatic rings. The van der Waals surface area contributed by atoms with Crippen LogP contribution >= 0.6 is 22.7 Å². The summed E-state index contributed by atoms with van der Waals surface area (Å²) >= 11 is 3.05. The predicted molar refractivity (Wildman–Crippen MR) is 111 cm³/mol. The number of rotatable bonds is 7. The minimum atomic E-state index is -0.444. The number of esters is 1. The Hall–Kier alpha value is -3.03. The van der Waals surface area contributed by atoms with Gasteiger partial charge in [-0.05, 0) is 23.6 Å². The van der Waals surface area contributed by atoms with E-state index in [1.165, 1.54) is 11.3 Å². The van der Waals surface area contributed by atoms with Crippen molar-refractivity contribution in [2.45, 2.75) is 6.42 Å². The number of hydrogen-bond donors (Lipinski definition) is 1. The van der Waals surface area contributed by atoms with Gasteiger partial charge in [0.05, 0.1) is 22.7 Å². The van der Waals surface area contributed by atoms with Gasteiger partial charge in [0.25, 0.3) is 0 Å². The van der Waals surface area contributed by atoms with Crippen LogP contribution < -0.4 is 0 Å². The first kappa shape index (κ1) is 18.3. The fourth-order valence-electron chi connectivity index (χ4n) is 2.69. The molecule has 28 heavy (non-hydrogen) atoms. The lowest BCUT2D eigenvalue weighted by molar-refractivity contribution is -0.141. The van der Waals surface area contributed by atoms with Gasteiger partial charge in [-0.1, -0.05) is 36.4 Å². The third-order valence-corrected chi connectivity index (χ3v) is 6.02. The van der Waals surface area contributed by atoms with E-state index in [-0.39, 0.29) is 18.8 Å². The number of ketones is 1. The smallest absolute Gasteiger partial charge is 0.311 e. The van der Waals surface area contributed by atoms with E-state index in [0.29, 0.717) is 5.69 Å². The number of H-pyrrole nitrogens is 1. The van der Waals surface area contributed by atoms with Gasteiger partial charge in [0, 0.05) is 16.6 Å². The second-order valence-electron chi connectivity index (χ2n) is 5.98. The zero-order chi connectivity index (χ0) is 19.3. The van der Waals surface area contributed by atoms with Gasteiger partial charge in [0.15, 0.2) is 6.61 Å². The Morgan fingerprint density at radius 1 is 1.04 bits per heavy atom. The number of Topliss-reactive ketones (excluding diaryl/α,β-unsaturated/α-hetero) is 1. The number of aromatic nitrogens is 2. The zero-order valence-electron chi connectivity index (χ0n) is 14.8. The number of nitrogens with zero attached hydrogens (tertiary/aromatic N) is 1. The molecule has 0 atom stereocenters. The van der Waals surface area contributed by atoms with E-state index in [9.17, 15) is 9.59 Å². The minimum absolute atomic E-state index is 0.0791. The van der Waals surface area contributed by atoms with Gasteiger partial charge in [-0.15, -0.1) is 22.7 Å². The molecule has 3 heterocycles. The summed E-state index contributed by atoms with van der Waals surface area (Å²) in [6.45, 7) is -0.280. The van der Waals surface area contributed by atoms with Gasteiger partial charge in [0.2, 0.25) is 5.78 Å². The van der Waals surface area contributed by atoms with Crippen molar-refractivity contribution in [1.82, 2.24) is 9.97 Å². The molecule has 0 radical (unpaired) electrons. The lowest BCUT2D eigenvalue weighted by Crippen LogP contribution is -2.15. The molecule has 0 spiro atoms. The van der Waals surface area contributed by atoms with E-state index in [0.717, 1.165) is 26.0 Å². The van der Waals surface area contributed by atoms with Gasteiger partial charge in [-0.25, -0.2) is 4.98 Å². The molecule has 5 nitrogen and oxygen atoms in total. The van der Waals surface area contributed by atoms with Gasteiger partial charge in [0.1, 0.15) is 5.01 Å². The largest absolute Gasteiger partial charge is 0.457 e. The summed E-state index contributed by atoms with van der Waals surface area (Å²) < 4.78 is 5.19. The molecule has 0 saturated carbocycles. The molecule has 140 valence electrons. The van der Waals surface area contributed by atoms with Crippen LogP contribution in [0.3, 0.4) is 0 Å². The third-order valence-electron chi connectivity index (χ3n) is 4.04. The summed E-state index contributed by atoms with van der Waals surface area (Å²) in [7, 11) is 0. The van der Waals surface area contributed by atoms with E-state index >= 15 is 0 Å². The zero-order valence-corrected chi connectivity index (χ0v) is 16.4. The highest BCUT2D eigenvalue weighted by Gasteiger charge is 2.19. The van der Waals surface area contributed by atoms with Crippen LogP contribution in [0.4, 0.5) is 0 Å². The molecule has 1 N–H and O–H groups in total. The predicted octanol–water partition coefficient (Wildman–Crippen LogP) is 4.84. The SMILES string of the molecule is O=C(Cc1sc(-c2ccccc2)nc1-c1cccs1)OCC(=O)c1ccc[nH]1. The molecule has 0 bridgehead atoms. The number of hydrogen-bond acceptors (Lipinski definition) is 6. The van der Waals surface area contributed by atoms with E-state index in [1.54, 1.807) is 29.7 Å². The molecule has 0 unspecified atom stereocenters. The summed E-state index contributed by atoms with van der Waals surface area (Å²) in [5.74, 6) is -0.702. The second-order valence-corrected chi connectivity index (χ2v) is 8.01. The molecular weight excluding hydrogens is 392 g/mol. The Kier molecular flexibility index (Phi) is 5.45. The van der Waals surface area contributed by atoms with Crippen LogP contribution in [0.5, 0.6) is 0 Å². The molecule has 4 rings (SSSR count). The van der Waals surface area contributed by atoms with Crippen LogP contribution in [0.15, 0.2) is 66.2 Å². The van der Waals surface area contributed by atoms with Crippen LogP contribution in [0, 0.1) is 0 Å². The van der Waals surface area contributed by atoms with Crippen LogP contribution in [0.2, 0.25) is 0 Å².